The molecule has 0 amide bonds. The van der Waals surface area contributed by atoms with Crippen LogP contribution in [0.3, 0.4) is 0 Å². The van der Waals surface area contributed by atoms with Gasteiger partial charge in [-0.3, -0.25) is 23.9 Å². The molecule has 9 heteroatoms. The molecular formula is C46H63ClN2O6. The molecule has 8 atom stereocenters. The summed E-state index contributed by atoms with van der Waals surface area (Å²) in [6.45, 7) is 19.7. The van der Waals surface area contributed by atoms with Crippen LogP contribution in [0, 0.1) is 56.2 Å². The van der Waals surface area contributed by atoms with E-state index in [1.807, 2.05) is 23.9 Å². The summed E-state index contributed by atoms with van der Waals surface area (Å²) in [4.78, 5) is 52.7. The molecule has 4 saturated carbocycles. The van der Waals surface area contributed by atoms with Gasteiger partial charge in [0, 0.05) is 41.1 Å². The molecule has 0 aliphatic heterocycles. The third-order valence-electron chi connectivity index (χ3n) is 16.8. The Kier molecular flexibility index (Phi) is 9.63. The monoisotopic (exact) mass is 774 g/mol. The van der Waals surface area contributed by atoms with Crippen molar-refractivity contribution in [2.75, 3.05) is 0 Å². The van der Waals surface area contributed by atoms with Gasteiger partial charge in [0.1, 0.15) is 6.10 Å². The molecule has 5 aliphatic carbocycles. The van der Waals surface area contributed by atoms with Gasteiger partial charge in [0.2, 0.25) is 0 Å². The van der Waals surface area contributed by atoms with Crippen LogP contribution in [0.5, 0.6) is 0 Å². The fourth-order valence-electron chi connectivity index (χ4n) is 13.7. The van der Waals surface area contributed by atoms with Crippen molar-refractivity contribution >= 4 is 29.3 Å². The topological polar surface area (TPSA) is 108 Å². The van der Waals surface area contributed by atoms with Crippen LogP contribution >= 0.6 is 11.6 Å². The molecular weight excluding hydrogens is 712 g/mol. The van der Waals surface area contributed by atoms with E-state index < -0.39 is 17.4 Å². The third-order valence-corrected chi connectivity index (χ3v) is 17.0. The molecule has 8 nitrogen and oxygen atoms in total. The zero-order valence-electron chi connectivity index (χ0n) is 34.8. The second-order valence-corrected chi connectivity index (χ2v) is 21.1. The molecule has 5 aliphatic rings. The molecule has 0 radical (unpaired) electrons. The average Bonchev–Trinajstić information content (AvgIpc) is 3.53. The molecule has 1 aromatic heterocycles. The number of halogens is 1. The zero-order chi connectivity index (χ0) is 40.3. The number of carboxylic acid groups (broad SMARTS) is 1. The van der Waals surface area contributed by atoms with Crippen LogP contribution < -0.4 is 5.56 Å². The Morgan fingerprint density at radius 2 is 1.60 bits per heavy atom. The molecule has 55 heavy (non-hydrogen) atoms. The Balaban J connectivity index is 1.20. The van der Waals surface area contributed by atoms with Gasteiger partial charge >= 0.3 is 11.9 Å². The van der Waals surface area contributed by atoms with E-state index in [0.717, 1.165) is 68.3 Å². The molecule has 0 unspecified atom stereocenters. The number of benzene rings is 1. The van der Waals surface area contributed by atoms with E-state index in [0.29, 0.717) is 41.4 Å². The summed E-state index contributed by atoms with van der Waals surface area (Å²) in [5.41, 5.74) is 2.50. The highest BCUT2D eigenvalue weighted by atomic mass is 35.5. The van der Waals surface area contributed by atoms with E-state index in [2.05, 4.69) is 48.5 Å². The second-order valence-electron chi connectivity index (χ2n) is 20.6. The molecule has 2 aromatic rings. The Labute approximate surface area is 332 Å². The first-order valence-corrected chi connectivity index (χ1v) is 21.1. The van der Waals surface area contributed by atoms with Crippen LogP contribution in [0.25, 0.3) is 5.69 Å². The van der Waals surface area contributed by atoms with Crippen LogP contribution in [-0.2, 0) is 32.6 Å². The number of nitrogens with zero attached hydrogens (tertiary/aromatic N) is 2. The summed E-state index contributed by atoms with van der Waals surface area (Å²) < 4.78 is 9.87. The first-order valence-electron chi connectivity index (χ1n) is 20.8. The molecule has 0 bridgehead atoms. The number of fused-ring (bicyclic) bond motifs is 7. The van der Waals surface area contributed by atoms with Crippen molar-refractivity contribution in [3.05, 3.63) is 62.5 Å². The molecule has 4 fully saturated rings. The Morgan fingerprint density at radius 3 is 2.24 bits per heavy atom. The highest BCUT2D eigenvalue weighted by molar-refractivity contribution is 6.30. The maximum absolute atomic E-state index is 14.2. The Bertz CT molecular complexity index is 2000. The fraction of sp³-hybridized carbons (Fsp3) is 0.696. The number of rotatable bonds is 8. The van der Waals surface area contributed by atoms with Crippen LogP contribution in [-0.4, -0.2) is 38.3 Å². The number of carbonyl (C=O) groups excluding carboxylic acids is 2. The number of carboxylic acids is 1. The number of aliphatic carboxylic acids is 1. The van der Waals surface area contributed by atoms with Crippen LogP contribution in [0.1, 0.15) is 132 Å². The van der Waals surface area contributed by atoms with E-state index in [4.69, 9.17) is 16.3 Å². The number of hydrogen-bond donors (Lipinski definition) is 1. The second kappa shape index (κ2) is 13.2. The van der Waals surface area contributed by atoms with Crippen molar-refractivity contribution in [3.63, 3.8) is 0 Å². The predicted octanol–water partition coefficient (Wildman–Crippen LogP) is 9.77. The van der Waals surface area contributed by atoms with Gasteiger partial charge < -0.3 is 9.84 Å². The maximum Gasteiger partial charge on any atom is 0.309 e. The number of aromatic nitrogens is 2. The SMILES string of the molecule is CC(C)C1=C2[C@H]3CC[C@@H]4[C@@]5(C)CC[C@H](OC(=O)CC(C)(C)C(=O)O)C(C)(C)[C@@H]5CC[C@@]4(C)[C@]3(C)CC[C@@]2(Cc2cc(=O)n(-c3ccc(Cl)cc3)n2C)CC1=O. The predicted molar refractivity (Wildman–Crippen MR) is 215 cm³/mol. The molecule has 1 N–H and O–H groups in total. The van der Waals surface area contributed by atoms with Gasteiger partial charge in [-0.25, -0.2) is 4.68 Å². The minimum Gasteiger partial charge on any atom is -0.481 e. The zero-order valence-corrected chi connectivity index (χ0v) is 35.6. The van der Waals surface area contributed by atoms with Crippen molar-refractivity contribution in [2.45, 2.75) is 139 Å². The Morgan fingerprint density at radius 1 is 0.927 bits per heavy atom. The number of ether oxygens (including phenoxy) is 1. The maximum atomic E-state index is 14.2. The van der Waals surface area contributed by atoms with E-state index in [1.165, 1.54) is 5.57 Å². The minimum atomic E-state index is -1.17. The Hall–Kier alpha value is -3.13. The number of allylic oxidation sites excluding steroid dienone is 2. The molecule has 1 heterocycles. The number of hydrogen-bond acceptors (Lipinski definition) is 5. The lowest BCUT2D eigenvalue weighted by Gasteiger charge is -2.72. The first-order chi connectivity index (χ1) is 25.5. The van der Waals surface area contributed by atoms with Gasteiger partial charge in [-0.05, 0) is 141 Å². The summed E-state index contributed by atoms with van der Waals surface area (Å²) in [7, 11) is 1.96. The number of carbonyl (C=O) groups is 3. The largest absolute Gasteiger partial charge is 0.481 e. The standard InChI is InChI=1S/C46H63ClN2O6/c1-27(2)38-32(50)25-46(24-30-23-36(51)49(48(30)10)29-13-11-28(47)12-14-29)22-21-44(8)31(39(38)46)15-16-34-43(7)19-18-35(55-37(52)26-41(3,4)40(53)54)42(5,6)33(43)17-20-45(34,44)9/h11-14,23,27,31,33-35H,15-22,24-26H2,1-10H3,(H,53,54)/t31-,33+,34-,35+,43+,44-,45-,46-/m1/s1. The summed E-state index contributed by atoms with van der Waals surface area (Å²) in [5.74, 6) is 0.162. The average molecular weight is 775 g/mol. The third kappa shape index (κ3) is 5.95. The van der Waals surface area contributed by atoms with Gasteiger partial charge in [0.25, 0.3) is 5.56 Å². The lowest BCUT2D eigenvalue weighted by molar-refractivity contribution is -0.233. The molecule has 300 valence electrons. The molecule has 7 rings (SSSR count). The van der Waals surface area contributed by atoms with Crippen LogP contribution in [0.15, 0.2) is 46.3 Å². The van der Waals surface area contributed by atoms with E-state index >= 15 is 0 Å². The summed E-state index contributed by atoms with van der Waals surface area (Å²) in [6.07, 6.45) is 8.81. The fourth-order valence-corrected chi connectivity index (χ4v) is 13.9. The number of Topliss-reactive ketones (excluding diaryl/α,β-unsaturated/α-hetero) is 1. The van der Waals surface area contributed by atoms with Gasteiger partial charge in [-0.15, -0.1) is 0 Å². The quantitative estimate of drug-likeness (QED) is 0.268. The van der Waals surface area contributed by atoms with E-state index in [9.17, 15) is 24.3 Å². The summed E-state index contributed by atoms with van der Waals surface area (Å²) >= 11 is 6.18. The highest BCUT2D eigenvalue weighted by Crippen LogP contribution is 2.77. The lowest BCUT2D eigenvalue weighted by atomic mass is 9.33. The molecule has 1 aromatic carbocycles. The van der Waals surface area contributed by atoms with Gasteiger partial charge in [0.15, 0.2) is 5.78 Å². The lowest BCUT2D eigenvalue weighted by Crippen LogP contribution is -2.65. The highest BCUT2D eigenvalue weighted by Gasteiger charge is 2.70. The molecule has 0 spiro atoms. The normalized spacial score (nSPS) is 35.5. The van der Waals surface area contributed by atoms with Crippen molar-refractivity contribution in [3.8, 4) is 5.69 Å². The van der Waals surface area contributed by atoms with Crippen molar-refractivity contribution < 1.29 is 24.2 Å². The van der Waals surface area contributed by atoms with Gasteiger partial charge in [0.05, 0.1) is 17.5 Å². The van der Waals surface area contributed by atoms with Crippen molar-refractivity contribution in [2.24, 2.45) is 63.2 Å². The summed E-state index contributed by atoms with van der Waals surface area (Å²) in [6, 6.07) is 9.13. The molecule has 0 saturated heterocycles. The van der Waals surface area contributed by atoms with E-state index in [-0.39, 0.29) is 51.1 Å². The van der Waals surface area contributed by atoms with Crippen molar-refractivity contribution in [1.29, 1.82) is 0 Å². The first kappa shape index (κ1) is 40.1. The van der Waals surface area contributed by atoms with Crippen molar-refractivity contribution in [1.82, 2.24) is 9.36 Å². The minimum absolute atomic E-state index is 0.00445. The number of ketones is 1. The smallest absolute Gasteiger partial charge is 0.309 e. The van der Waals surface area contributed by atoms with Gasteiger partial charge in [-0.1, -0.05) is 65.6 Å². The van der Waals surface area contributed by atoms with Gasteiger partial charge in [-0.2, -0.15) is 0 Å². The van der Waals surface area contributed by atoms with E-state index in [1.54, 1.807) is 36.7 Å². The van der Waals surface area contributed by atoms with Crippen LogP contribution in [0.2, 0.25) is 5.02 Å². The summed E-state index contributed by atoms with van der Waals surface area (Å²) in [5, 5.41) is 10.3. The number of esters is 1. The van der Waals surface area contributed by atoms with Crippen LogP contribution in [0.4, 0.5) is 0 Å².